The fourth-order valence-electron chi connectivity index (χ4n) is 0.799. The van der Waals surface area contributed by atoms with Gasteiger partial charge in [-0.15, -0.1) is 0 Å². The van der Waals surface area contributed by atoms with Crippen molar-refractivity contribution in [3.8, 4) is 6.07 Å². The summed E-state index contributed by atoms with van der Waals surface area (Å²) in [6, 6.07) is 7.11. The molecule has 60 valence electrons. The minimum absolute atomic E-state index is 0.525. The number of rotatable bonds is 1. The first-order chi connectivity index (χ1) is 5.74. The number of anilines is 1. The van der Waals surface area contributed by atoms with Crippen molar-refractivity contribution in [2.75, 3.05) is 5.73 Å². The van der Waals surface area contributed by atoms with Crippen LogP contribution in [0.3, 0.4) is 0 Å². The summed E-state index contributed by atoms with van der Waals surface area (Å²) in [7, 11) is 0. The van der Waals surface area contributed by atoms with E-state index in [4.69, 9.17) is 22.6 Å². The van der Waals surface area contributed by atoms with Crippen molar-refractivity contribution in [1.82, 2.24) is 0 Å². The number of halogens is 1. The van der Waals surface area contributed by atoms with Crippen LogP contribution < -0.4 is 5.73 Å². The molecular formula is C9H7ClN2. The molecule has 0 unspecified atom stereocenters. The Morgan fingerprint density at radius 2 is 2.25 bits per heavy atom. The standard InChI is InChI=1S/C9H7ClN2/c10-8-4-3-7(2-1-5-11)6-9(8)12/h1-4,6H,12H2/b2-1+. The molecule has 1 aromatic carbocycles. The summed E-state index contributed by atoms with van der Waals surface area (Å²) in [6.07, 6.45) is 3.06. The second kappa shape index (κ2) is 3.80. The summed E-state index contributed by atoms with van der Waals surface area (Å²) in [6.45, 7) is 0. The Labute approximate surface area is 75.9 Å². The summed E-state index contributed by atoms with van der Waals surface area (Å²) in [4.78, 5) is 0. The molecule has 3 heteroatoms. The van der Waals surface area contributed by atoms with Gasteiger partial charge in [-0.05, 0) is 23.8 Å². The van der Waals surface area contributed by atoms with Crippen molar-refractivity contribution in [3.05, 3.63) is 34.9 Å². The van der Waals surface area contributed by atoms with E-state index in [0.717, 1.165) is 5.56 Å². The third kappa shape index (κ3) is 2.01. The van der Waals surface area contributed by atoms with Crippen molar-refractivity contribution < 1.29 is 0 Å². The van der Waals surface area contributed by atoms with E-state index in [0.29, 0.717) is 10.7 Å². The maximum atomic E-state index is 8.26. The van der Waals surface area contributed by atoms with Gasteiger partial charge in [-0.25, -0.2) is 0 Å². The van der Waals surface area contributed by atoms with E-state index in [1.165, 1.54) is 6.08 Å². The largest absolute Gasteiger partial charge is 0.398 e. The topological polar surface area (TPSA) is 49.8 Å². The first-order valence-corrected chi connectivity index (χ1v) is 3.73. The number of benzene rings is 1. The lowest BCUT2D eigenvalue weighted by Crippen LogP contribution is -1.86. The number of hydrogen-bond acceptors (Lipinski definition) is 2. The van der Waals surface area contributed by atoms with Gasteiger partial charge in [0.05, 0.1) is 16.8 Å². The first kappa shape index (κ1) is 8.63. The minimum atomic E-state index is 0.525. The molecule has 12 heavy (non-hydrogen) atoms. The highest BCUT2D eigenvalue weighted by Gasteiger charge is 1.94. The van der Waals surface area contributed by atoms with Gasteiger partial charge < -0.3 is 5.73 Å². The number of hydrogen-bond donors (Lipinski definition) is 1. The summed E-state index contributed by atoms with van der Waals surface area (Å²) in [5.74, 6) is 0. The van der Waals surface area contributed by atoms with Gasteiger partial charge in [0.2, 0.25) is 0 Å². The molecule has 0 bridgehead atoms. The molecule has 2 N–H and O–H groups in total. The van der Waals surface area contributed by atoms with Gasteiger partial charge >= 0.3 is 0 Å². The molecule has 1 aromatic rings. The smallest absolute Gasteiger partial charge is 0.0912 e. The Bertz CT molecular complexity index is 350. The third-order valence-corrected chi connectivity index (χ3v) is 1.71. The molecule has 1 rings (SSSR count). The molecular weight excluding hydrogens is 172 g/mol. The van der Waals surface area contributed by atoms with E-state index in [2.05, 4.69) is 0 Å². The van der Waals surface area contributed by atoms with Crippen molar-refractivity contribution in [3.63, 3.8) is 0 Å². The molecule has 0 aliphatic carbocycles. The fourth-order valence-corrected chi connectivity index (χ4v) is 0.917. The molecule has 0 radical (unpaired) electrons. The maximum Gasteiger partial charge on any atom is 0.0912 e. The highest BCUT2D eigenvalue weighted by atomic mass is 35.5. The lowest BCUT2D eigenvalue weighted by molar-refractivity contribution is 1.53. The second-order valence-electron chi connectivity index (χ2n) is 2.24. The van der Waals surface area contributed by atoms with Crippen LogP contribution in [-0.4, -0.2) is 0 Å². The summed E-state index contributed by atoms with van der Waals surface area (Å²) >= 11 is 5.70. The monoisotopic (exact) mass is 178 g/mol. The van der Waals surface area contributed by atoms with E-state index in [1.54, 1.807) is 24.3 Å². The highest BCUT2D eigenvalue weighted by Crippen LogP contribution is 2.19. The van der Waals surface area contributed by atoms with Gasteiger partial charge in [0.25, 0.3) is 0 Å². The molecule has 0 aliphatic rings. The Balaban J connectivity index is 2.99. The fraction of sp³-hybridized carbons (Fsp3) is 0. The molecule has 0 aromatic heterocycles. The quantitative estimate of drug-likeness (QED) is 0.531. The zero-order chi connectivity index (χ0) is 8.97. The Morgan fingerprint density at radius 3 is 2.83 bits per heavy atom. The highest BCUT2D eigenvalue weighted by molar-refractivity contribution is 6.33. The van der Waals surface area contributed by atoms with Gasteiger partial charge in [0.15, 0.2) is 0 Å². The normalized spacial score (nSPS) is 10.0. The number of nitriles is 1. The van der Waals surface area contributed by atoms with Crippen molar-refractivity contribution in [2.45, 2.75) is 0 Å². The van der Waals surface area contributed by atoms with Gasteiger partial charge in [-0.3, -0.25) is 0 Å². The number of nitrogens with zero attached hydrogens (tertiary/aromatic N) is 1. The predicted molar refractivity (Wildman–Crippen MR) is 50.5 cm³/mol. The average Bonchev–Trinajstić information content (AvgIpc) is 2.07. The van der Waals surface area contributed by atoms with Gasteiger partial charge in [0.1, 0.15) is 0 Å². The molecule has 0 fully saturated rings. The number of nitrogens with two attached hydrogens (primary N) is 1. The molecule has 0 saturated carbocycles. The van der Waals surface area contributed by atoms with Crippen LogP contribution in [0.5, 0.6) is 0 Å². The predicted octanol–water partition coefficient (Wildman–Crippen LogP) is 2.46. The van der Waals surface area contributed by atoms with Gasteiger partial charge in [-0.2, -0.15) is 5.26 Å². The summed E-state index contributed by atoms with van der Waals surface area (Å²) < 4.78 is 0. The third-order valence-electron chi connectivity index (χ3n) is 1.37. The second-order valence-corrected chi connectivity index (χ2v) is 2.65. The number of nitrogen functional groups attached to an aromatic ring is 1. The minimum Gasteiger partial charge on any atom is -0.398 e. The lowest BCUT2D eigenvalue weighted by Gasteiger charge is -1.97. The van der Waals surface area contributed by atoms with Crippen LogP contribution in [0.4, 0.5) is 5.69 Å². The molecule has 0 atom stereocenters. The van der Waals surface area contributed by atoms with Crippen LogP contribution in [0.25, 0.3) is 6.08 Å². The van der Waals surface area contributed by atoms with E-state index in [1.807, 2.05) is 6.07 Å². The van der Waals surface area contributed by atoms with Crippen LogP contribution in [0, 0.1) is 11.3 Å². The summed E-state index contributed by atoms with van der Waals surface area (Å²) in [5, 5.41) is 8.79. The average molecular weight is 179 g/mol. The van der Waals surface area contributed by atoms with Crippen molar-refractivity contribution >= 4 is 23.4 Å². The maximum absolute atomic E-state index is 8.26. The van der Waals surface area contributed by atoms with Crippen LogP contribution in [0.15, 0.2) is 24.3 Å². The molecule has 0 spiro atoms. The lowest BCUT2D eigenvalue weighted by atomic mass is 10.2. The van der Waals surface area contributed by atoms with Crippen LogP contribution >= 0.6 is 11.6 Å². The molecule has 0 amide bonds. The Hall–Kier alpha value is -1.46. The Morgan fingerprint density at radius 1 is 1.50 bits per heavy atom. The van der Waals surface area contributed by atoms with Gasteiger partial charge in [-0.1, -0.05) is 17.7 Å². The van der Waals surface area contributed by atoms with Crippen LogP contribution in [0.2, 0.25) is 5.02 Å². The SMILES string of the molecule is N#C/C=C/c1ccc(Cl)c(N)c1. The van der Waals surface area contributed by atoms with E-state index < -0.39 is 0 Å². The van der Waals surface area contributed by atoms with E-state index >= 15 is 0 Å². The molecule has 0 aliphatic heterocycles. The van der Waals surface area contributed by atoms with Crippen LogP contribution in [0.1, 0.15) is 5.56 Å². The molecule has 0 heterocycles. The zero-order valence-corrected chi connectivity index (χ0v) is 7.05. The van der Waals surface area contributed by atoms with Crippen molar-refractivity contribution in [2.24, 2.45) is 0 Å². The molecule has 0 saturated heterocycles. The number of allylic oxidation sites excluding steroid dienone is 1. The molecule has 2 nitrogen and oxygen atoms in total. The van der Waals surface area contributed by atoms with Crippen LogP contribution in [-0.2, 0) is 0 Å². The van der Waals surface area contributed by atoms with E-state index in [-0.39, 0.29) is 0 Å². The zero-order valence-electron chi connectivity index (χ0n) is 6.29. The summed E-state index contributed by atoms with van der Waals surface area (Å²) in [5.41, 5.74) is 6.94. The Kier molecular flexibility index (Phi) is 2.73. The van der Waals surface area contributed by atoms with Crippen molar-refractivity contribution in [1.29, 1.82) is 5.26 Å². The van der Waals surface area contributed by atoms with Gasteiger partial charge in [0, 0.05) is 6.08 Å². The first-order valence-electron chi connectivity index (χ1n) is 3.35. The van der Waals surface area contributed by atoms with E-state index in [9.17, 15) is 0 Å².